The lowest BCUT2D eigenvalue weighted by Gasteiger charge is -2.29. The van der Waals surface area contributed by atoms with Crippen LogP contribution in [0.4, 0.5) is 0 Å². The fraction of sp³-hybridized carbons (Fsp3) is 0.533. The first-order valence-corrected chi connectivity index (χ1v) is 7.07. The van der Waals surface area contributed by atoms with E-state index < -0.39 is 5.54 Å². The maximum absolute atomic E-state index is 12.6. The number of aliphatic hydroxyl groups is 1. The van der Waals surface area contributed by atoms with Crippen molar-refractivity contribution in [2.75, 3.05) is 6.61 Å². The minimum atomic E-state index is -0.444. The average Bonchev–Trinajstić information content (AvgIpc) is 2.79. The van der Waals surface area contributed by atoms with Gasteiger partial charge in [-0.05, 0) is 39.7 Å². The van der Waals surface area contributed by atoms with E-state index in [-0.39, 0.29) is 12.5 Å². The van der Waals surface area contributed by atoms with Gasteiger partial charge in [-0.3, -0.25) is 4.79 Å². The van der Waals surface area contributed by atoms with Gasteiger partial charge in [-0.1, -0.05) is 12.1 Å². The number of pyridine rings is 1. The summed E-state index contributed by atoms with van der Waals surface area (Å²) in [6, 6.07) is 1.73. The van der Waals surface area contributed by atoms with Gasteiger partial charge in [0, 0.05) is 17.8 Å². The largest absolute Gasteiger partial charge is 0.396 e. The number of carbonyl (C=O) groups excluding carboxylic acids is 1. The molecule has 2 rings (SSSR count). The van der Waals surface area contributed by atoms with E-state index in [9.17, 15) is 4.79 Å². The zero-order chi connectivity index (χ0) is 15.6. The van der Waals surface area contributed by atoms with E-state index in [1.54, 1.807) is 19.9 Å². The third kappa shape index (κ3) is 3.05. The first-order chi connectivity index (χ1) is 9.90. The first-order valence-electron chi connectivity index (χ1n) is 7.07. The molecule has 0 bridgehead atoms. The van der Waals surface area contributed by atoms with Gasteiger partial charge >= 0.3 is 0 Å². The summed E-state index contributed by atoms with van der Waals surface area (Å²) in [5, 5.41) is 16.7. The molecule has 1 atom stereocenters. The molecule has 0 aliphatic rings. The Balaban J connectivity index is 2.41. The summed E-state index contributed by atoms with van der Waals surface area (Å²) in [6.07, 6.45) is 1.24. The molecule has 2 N–H and O–H groups in total. The molecule has 2 aromatic rings. The van der Waals surface area contributed by atoms with Gasteiger partial charge in [-0.25, -0.2) is 4.98 Å². The normalized spacial score (nSPS) is 14.1. The molecule has 1 unspecified atom stereocenters. The van der Waals surface area contributed by atoms with Crippen LogP contribution in [0.3, 0.4) is 0 Å². The van der Waals surface area contributed by atoms with E-state index in [2.05, 4.69) is 15.5 Å². The van der Waals surface area contributed by atoms with Crippen molar-refractivity contribution in [1.29, 1.82) is 0 Å². The number of hydrogen-bond donors (Lipinski definition) is 2. The van der Waals surface area contributed by atoms with E-state index in [4.69, 9.17) is 9.63 Å². The van der Waals surface area contributed by atoms with Crippen LogP contribution in [0.5, 0.6) is 0 Å². The van der Waals surface area contributed by atoms with Gasteiger partial charge in [0.2, 0.25) is 0 Å². The van der Waals surface area contributed by atoms with Crippen LogP contribution in [0.25, 0.3) is 11.1 Å². The molecule has 21 heavy (non-hydrogen) atoms. The molecule has 0 fully saturated rings. The lowest BCUT2D eigenvalue weighted by atomic mass is 9.94. The minimum absolute atomic E-state index is 0.0295. The third-order valence-corrected chi connectivity index (χ3v) is 3.85. The molecule has 6 nitrogen and oxygen atoms in total. The van der Waals surface area contributed by atoms with E-state index >= 15 is 0 Å². The third-order valence-electron chi connectivity index (χ3n) is 3.85. The van der Waals surface area contributed by atoms with Crippen LogP contribution in [-0.4, -0.2) is 33.3 Å². The zero-order valence-corrected chi connectivity index (χ0v) is 12.9. The standard InChI is InChI=1S/C15H21N3O3/c1-5-15(4,6-7-19)17-13(20)11-8-9(2)16-14-12(11)10(3)18-21-14/h8,19H,5-7H2,1-4H3,(H,17,20). The number of aromatic nitrogens is 2. The van der Waals surface area contributed by atoms with Crippen molar-refractivity contribution in [2.45, 2.75) is 46.1 Å². The Kier molecular flexibility index (Phi) is 4.27. The summed E-state index contributed by atoms with van der Waals surface area (Å²) in [5.41, 5.74) is 1.78. The lowest BCUT2D eigenvalue weighted by Crippen LogP contribution is -2.46. The van der Waals surface area contributed by atoms with Crippen molar-refractivity contribution in [2.24, 2.45) is 0 Å². The molecule has 2 aromatic heterocycles. The van der Waals surface area contributed by atoms with E-state index in [1.165, 1.54) is 0 Å². The predicted molar refractivity (Wildman–Crippen MR) is 79.1 cm³/mol. The van der Waals surface area contributed by atoms with Crippen LogP contribution >= 0.6 is 0 Å². The molecule has 0 saturated carbocycles. The van der Waals surface area contributed by atoms with Crippen molar-refractivity contribution in [3.05, 3.63) is 23.0 Å². The van der Waals surface area contributed by atoms with E-state index in [0.29, 0.717) is 34.5 Å². The van der Waals surface area contributed by atoms with Gasteiger partial charge in [0.05, 0.1) is 16.6 Å². The van der Waals surface area contributed by atoms with Crippen molar-refractivity contribution in [1.82, 2.24) is 15.5 Å². The monoisotopic (exact) mass is 291 g/mol. The Labute approximate surface area is 123 Å². The Morgan fingerprint density at radius 3 is 2.81 bits per heavy atom. The summed E-state index contributed by atoms with van der Waals surface area (Å²) >= 11 is 0. The highest BCUT2D eigenvalue weighted by Gasteiger charge is 2.26. The van der Waals surface area contributed by atoms with Gasteiger partial charge in [0.25, 0.3) is 11.6 Å². The molecule has 0 aromatic carbocycles. The second-order valence-electron chi connectivity index (χ2n) is 5.60. The van der Waals surface area contributed by atoms with Gasteiger partial charge in [-0.2, -0.15) is 0 Å². The van der Waals surface area contributed by atoms with Crippen molar-refractivity contribution in [3.8, 4) is 0 Å². The highest BCUT2D eigenvalue weighted by atomic mass is 16.5. The van der Waals surface area contributed by atoms with Crippen LogP contribution in [-0.2, 0) is 0 Å². The van der Waals surface area contributed by atoms with Crippen molar-refractivity contribution in [3.63, 3.8) is 0 Å². The number of fused-ring (bicyclic) bond motifs is 1. The maximum Gasteiger partial charge on any atom is 0.258 e. The van der Waals surface area contributed by atoms with Crippen molar-refractivity contribution < 1.29 is 14.4 Å². The van der Waals surface area contributed by atoms with Crippen LogP contribution in [0, 0.1) is 13.8 Å². The number of aliphatic hydroxyl groups excluding tert-OH is 1. The molecule has 0 saturated heterocycles. The molecule has 0 spiro atoms. The Morgan fingerprint density at radius 1 is 1.48 bits per heavy atom. The summed E-state index contributed by atoms with van der Waals surface area (Å²) in [7, 11) is 0. The molecular weight excluding hydrogens is 270 g/mol. The fourth-order valence-electron chi connectivity index (χ4n) is 2.31. The average molecular weight is 291 g/mol. The summed E-state index contributed by atoms with van der Waals surface area (Å²) in [6.45, 7) is 7.52. The molecule has 2 heterocycles. The molecule has 0 aliphatic carbocycles. The quantitative estimate of drug-likeness (QED) is 0.881. The topological polar surface area (TPSA) is 88.2 Å². The molecule has 0 radical (unpaired) electrons. The predicted octanol–water partition coefficient (Wildman–Crippen LogP) is 2.12. The highest BCUT2D eigenvalue weighted by molar-refractivity contribution is 6.06. The molecule has 1 amide bonds. The van der Waals surface area contributed by atoms with Crippen molar-refractivity contribution >= 4 is 17.0 Å². The smallest absolute Gasteiger partial charge is 0.258 e. The number of nitrogens with zero attached hydrogens (tertiary/aromatic N) is 2. The lowest BCUT2D eigenvalue weighted by molar-refractivity contribution is 0.0887. The van der Waals surface area contributed by atoms with E-state index in [0.717, 1.165) is 6.42 Å². The van der Waals surface area contributed by atoms with Crippen LogP contribution in [0.2, 0.25) is 0 Å². The molecule has 0 aliphatic heterocycles. The van der Waals surface area contributed by atoms with Crippen LogP contribution in [0.1, 0.15) is 48.4 Å². The van der Waals surface area contributed by atoms with Gasteiger partial charge in [-0.15, -0.1) is 0 Å². The summed E-state index contributed by atoms with van der Waals surface area (Å²) in [4.78, 5) is 16.9. The number of nitrogens with one attached hydrogen (secondary N) is 1. The Morgan fingerprint density at radius 2 is 2.19 bits per heavy atom. The maximum atomic E-state index is 12.6. The number of amides is 1. The molecule has 114 valence electrons. The van der Waals surface area contributed by atoms with Gasteiger partial charge in [0.15, 0.2) is 0 Å². The fourth-order valence-corrected chi connectivity index (χ4v) is 2.31. The number of aryl methyl sites for hydroxylation is 2. The highest BCUT2D eigenvalue weighted by Crippen LogP contribution is 2.23. The van der Waals surface area contributed by atoms with Gasteiger partial charge in [0.1, 0.15) is 0 Å². The Bertz CT molecular complexity index is 665. The number of carbonyl (C=O) groups is 1. The summed E-state index contributed by atoms with van der Waals surface area (Å²) in [5.74, 6) is -0.199. The summed E-state index contributed by atoms with van der Waals surface area (Å²) < 4.78 is 5.14. The van der Waals surface area contributed by atoms with Gasteiger partial charge < -0.3 is 14.9 Å². The molecular formula is C15H21N3O3. The SMILES string of the molecule is CCC(C)(CCO)NC(=O)c1cc(C)nc2onc(C)c12. The zero-order valence-electron chi connectivity index (χ0n) is 12.9. The molecule has 6 heteroatoms. The first kappa shape index (κ1) is 15.4. The second-order valence-corrected chi connectivity index (χ2v) is 5.60. The number of rotatable bonds is 5. The van der Waals surface area contributed by atoms with Crippen LogP contribution in [0.15, 0.2) is 10.6 Å². The minimum Gasteiger partial charge on any atom is -0.396 e. The van der Waals surface area contributed by atoms with E-state index in [1.807, 2.05) is 13.8 Å². The second kappa shape index (κ2) is 5.81. The number of hydrogen-bond acceptors (Lipinski definition) is 5. The Hall–Kier alpha value is -1.95. The van der Waals surface area contributed by atoms with Crippen LogP contribution < -0.4 is 5.32 Å².